The Kier molecular flexibility index (Phi) is 12.2. The second-order valence-electron chi connectivity index (χ2n) is 5.22. The minimum absolute atomic E-state index is 0. The summed E-state index contributed by atoms with van der Waals surface area (Å²) in [6.45, 7) is 6.50. The van der Waals surface area contributed by atoms with Crippen LogP contribution >= 0.6 is 0 Å². The van der Waals surface area contributed by atoms with Crippen LogP contribution in [0.2, 0.25) is 0 Å². The summed E-state index contributed by atoms with van der Waals surface area (Å²) in [5, 5.41) is 20.7. The molecule has 16 heavy (non-hydrogen) atoms. The minimum Gasteiger partial charge on any atom is -0.721 e. The monoisotopic (exact) mass is 280 g/mol. The van der Waals surface area contributed by atoms with Gasteiger partial charge < -0.3 is 20.3 Å². The number of hydrogen-bond acceptors (Lipinski definition) is 4. The third kappa shape index (κ3) is 6.04. The summed E-state index contributed by atoms with van der Waals surface area (Å²) in [4.78, 5) is 7.81. The average molecular weight is 280 g/mol. The molecular formula is C10H18K2O4. The van der Waals surface area contributed by atoms with Gasteiger partial charge in [-0.05, 0) is 24.2 Å². The van der Waals surface area contributed by atoms with Gasteiger partial charge in [-0.2, -0.15) is 0 Å². The molecule has 0 bridgehead atoms. The van der Waals surface area contributed by atoms with Gasteiger partial charge in [-0.25, -0.2) is 0 Å². The molecule has 1 fully saturated rings. The van der Waals surface area contributed by atoms with Crippen molar-refractivity contribution in [3.8, 4) is 0 Å². The molecule has 0 amide bonds. The Labute approximate surface area is 183 Å². The summed E-state index contributed by atoms with van der Waals surface area (Å²) in [6, 6.07) is 0. The van der Waals surface area contributed by atoms with E-state index in [1.807, 2.05) is 0 Å². The van der Waals surface area contributed by atoms with Crippen LogP contribution in [-0.2, 0) is 9.78 Å². The normalized spacial score (nSPS) is 20.8. The summed E-state index contributed by atoms with van der Waals surface area (Å²) in [5.74, 6) is -0.872. The molecule has 0 aliphatic heterocycles. The minimum atomic E-state index is -1.40. The summed E-state index contributed by atoms with van der Waals surface area (Å²) in [6.07, 6.45) is 2.44. The van der Waals surface area contributed by atoms with E-state index in [4.69, 9.17) is 0 Å². The molecule has 6 heteroatoms. The van der Waals surface area contributed by atoms with Crippen LogP contribution in [0, 0.1) is 11.3 Å². The van der Waals surface area contributed by atoms with E-state index in [2.05, 4.69) is 30.5 Å². The molecule has 0 aromatic rings. The predicted octanol–water partition coefficient (Wildman–Crippen LogP) is -5.49. The third-order valence-electron chi connectivity index (χ3n) is 3.28. The van der Waals surface area contributed by atoms with Crippen molar-refractivity contribution in [1.29, 1.82) is 0 Å². The Morgan fingerprint density at radius 3 is 1.62 bits per heavy atom. The van der Waals surface area contributed by atoms with Crippen LogP contribution in [-0.4, -0.2) is 5.79 Å². The van der Waals surface area contributed by atoms with E-state index >= 15 is 0 Å². The Morgan fingerprint density at radius 2 is 1.38 bits per heavy atom. The zero-order chi connectivity index (χ0) is 10.8. The zero-order valence-electron chi connectivity index (χ0n) is 11.0. The van der Waals surface area contributed by atoms with E-state index < -0.39 is 5.79 Å². The van der Waals surface area contributed by atoms with Crippen LogP contribution in [0.5, 0.6) is 0 Å². The van der Waals surface area contributed by atoms with E-state index in [1.165, 1.54) is 0 Å². The molecule has 0 radical (unpaired) electrons. The quantitative estimate of drug-likeness (QED) is 0.219. The molecular weight excluding hydrogens is 262 g/mol. The van der Waals surface area contributed by atoms with Crippen LogP contribution in [0.3, 0.4) is 0 Å². The average Bonchev–Trinajstić information content (AvgIpc) is 2.16. The third-order valence-corrected chi connectivity index (χ3v) is 3.28. The van der Waals surface area contributed by atoms with Crippen molar-refractivity contribution in [3.63, 3.8) is 0 Å². The number of hydrogen-bond donors (Lipinski definition) is 0. The van der Waals surface area contributed by atoms with Crippen LogP contribution in [0.4, 0.5) is 0 Å². The van der Waals surface area contributed by atoms with Crippen molar-refractivity contribution in [3.05, 3.63) is 0 Å². The van der Waals surface area contributed by atoms with Crippen LogP contribution in [0.15, 0.2) is 0 Å². The van der Waals surface area contributed by atoms with Gasteiger partial charge in [0.05, 0.1) is 0 Å². The topological polar surface area (TPSA) is 64.6 Å². The molecule has 1 rings (SSSR count). The van der Waals surface area contributed by atoms with Gasteiger partial charge >= 0.3 is 103 Å². The second kappa shape index (κ2) is 9.12. The van der Waals surface area contributed by atoms with Gasteiger partial charge in [-0.3, -0.25) is 0 Å². The maximum atomic E-state index is 10.4. The Balaban J connectivity index is 0. The SMILES string of the molecule is CC(C)(C)C1CCC(O[O-])(O[O-])CC1.[K+].[K+]. The first kappa shape index (κ1) is 21.4. The molecule has 0 aromatic carbocycles. The molecule has 0 atom stereocenters. The fourth-order valence-electron chi connectivity index (χ4n) is 2.10. The fraction of sp³-hybridized carbons (Fsp3) is 1.00. The van der Waals surface area contributed by atoms with Crippen molar-refractivity contribution in [2.24, 2.45) is 11.3 Å². The van der Waals surface area contributed by atoms with E-state index in [0.29, 0.717) is 18.8 Å². The summed E-state index contributed by atoms with van der Waals surface area (Å²) >= 11 is 0. The Morgan fingerprint density at radius 1 is 1.00 bits per heavy atom. The molecule has 0 unspecified atom stereocenters. The van der Waals surface area contributed by atoms with Crippen molar-refractivity contribution in [2.45, 2.75) is 52.2 Å². The maximum Gasteiger partial charge on any atom is 1.00 e. The first-order chi connectivity index (χ1) is 6.43. The predicted molar refractivity (Wildman–Crippen MR) is 46.3 cm³/mol. The summed E-state index contributed by atoms with van der Waals surface area (Å²) in [7, 11) is 0. The zero-order valence-corrected chi connectivity index (χ0v) is 17.3. The van der Waals surface area contributed by atoms with Gasteiger partial charge in [-0.1, -0.05) is 20.8 Å². The van der Waals surface area contributed by atoms with Gasteiger partial charge in [0.25, 0.3) is 0 Å². The molecule has 0 heterocycles. The molecule has 0 saturated heterocycles. The van der Waals surface area contributed by atoms with Gasteiger partial charge in [-0.15, -0.1) is 0 Å². The summed E-state index contributed by atoms with van der Waals surface area (Å²) in [5.41, 5.74) is 0.220. The van der Waals surface area contributed by atoms with Crippen LogP contribution < -0.4 is 113 Å². The molecule has 0 spiro atoms. The van der Waals surface area contributed by atoms with Gasteiger partial charge in [0, 0.05) is 12.8 Å². The van der Waals surface area contributed by atoms with E-state index in [0.717, 1.165) is 12.8 Å². The molecule has 1 aliphatic rings. The fourth-order valence-corrected chi connectivity index (χ4v) is 2.10. The Hall–Kier alpha value is 3.11. The van der Waals surface area contributed by atoms with Gasteiger partial charge in [0.2, 0.25) is 0 Å². The van der Waals surface area contributed by atoms with E-state index in [9.17, 15) is 10.5 Å². The molecule has 1 saturated carbocycles. The van der Waals surface area contributed by atoms with E-state index in [1.54, 1.807) is 0 Å². The molecule has 1 aliphatic carbocycles. The molecule has 84 valence electrons. The van der Waals surface area contributed by atoms with Crippen molar-refractivity contribution in [1.82, 2.24) is 0 Å². The van der Waals surface area contributed by atoms with Crippen molar-refractivity contribution >= 4 is 0 Å². The van der Waals surface area contributed by atoms with E-state index in [-0.39, 0.29) is 108 Å². The maximum absolute atomic E-state index is 10.4. The van der Waals surface area contributed by atoms with Gasteiger partial charge in [0.1, 0.15) is 5.79 Å². The largest absolute Gasteiger partial charge is 1.00 e. The van der Waals surface area contributed by atoms with Gasteiger partial charge in [0.15, 0.2) is 0 Å². The smallest absolute Gasteiger partial charge is 0.721 e. The Bertz CT molecular complexity index is 180. The molecule has 4 nitrogen and oxygen atoms in total. The first-order valence-electron chi connectivity index (χ1n) is 5.05. The molecule has 0 N–H and O–H groups in total. The van der Waals surface area contributed by atoms with Crippen molar-refractivity contribution < 1.29 is 123 Å². The van der Waals surface area contributed by atoms with Crippen LogP contribution in [0.1, 0.15) is 46.5 Å². The standard InChI is InChI=1S/C10H20O4.2K/c1-9(2,3)8-4-6-10(13-11,14-12)7-5-8;;/h8,11-12H,4-7H2,1-3H3;;/q;2*+1/p-2. The first-order valence-corrected chi connectivity index (χ1v) is 5.05. The summed E-state index contributed by atoms with van der Waals surface area (Å²) < 4.78 is 0. The molecule has 0 aromatic heterocycles. The number of rotatable bonds is 2. The second-order valence-corrected chi connectivity index (χ2v) is 5.22. The van der Waals surface area contributed by atoms with Crippen molar-refractivity contribution in [2.75, 3.05) is 0 Å². The van der Waals surface area contributed by atoms with Crippen LogP contribution in [0.25, 0.3) is 0 Å².